The number of hydrogen-bond donors (Lipinski definition) is 1. The molecule has 1 aliphatic rings. The Kier molecular flexibility index (Phi) is 4.52. The predicted molar refractivity (Wildman–Crippen MR) is 117 cm³/mol. The molecule has 0 saturated carbocycles. The first-order valence-corrected chi connectivity index (χ1v) is 9.93. The molecule has 3 aromatic carbocycles. The molecule has 0 radical (unpaired) electrons. The zero-order valence-corrected chi connectivity index (χ0v) is 16.3. The highest BCUT2D eigenvalue weighted by atomic mass is 16.2. The second kappa shape index (κ2) is 7.48. The molecule has 6 heteroatoms. The van der Waals surface area contributed by atoms with E-state index in [4.69, 9.17) is 0 Å². The molecule has 0 bridgehead atoms. The van der Waals surface area contributed by atoms with Gasteiger partial charge in [-0.1, -0.05) is 18.2 Å². The molecular weight excluding hydrogens is 376 g/mol. The second-order valence-corrected chi connectivity index (χ2v) is 7.30. The Hall–Kier alpha value is -3.93. The summed E-state index contributed by atoms with van der Waals surface area (Å²) in [7, 11) is 0. The number of carbonyl (C=O) groups excluding carboxylic acids is 2. The van der Waals surface area contributed by atoms with Crippen LogP contribution in [0.15, 0.2) is 79.1 Å². The third-order valence-corrected chi connectivity index (χ3v) is 5.35. The van der Waals surface area contributed by atoms with Crippen LogP contribution < -0.4 is 10.2 Å². The number of aromatic nitrogens is 2. The molecule has 5 rings (SSSR count). The number of rotatable bonds is 4. The van der Waals surface area contributed by atoms with Crippen molar-refractivity contribution in [1.82, 2.24) is 9.55 Å². The van der Waals surface area contributed by atoms with Crippen molar-refractivity contribution in [2.45, 2.75) is 12.8 Å². The zero-order chi connectivity index (χ0) is 20.5. The Bertz CT molecular complexity index is 1240. The number of amides is 2. The van der Waals surface area contributed by atoms with Gasteiger partial charge in [-0.3, -0.25) is 14.2 Å². The second-order valence-electron chi connectivity index (χ2n) is 7.30. The molecule has 6 nitrogen and oxygen atoms in total. The molecule has 148 valence electrons. The highest BCUT2D eigenvalue weighted by Gasteiger charge is 2.21. The highest BCUT2D eigenvalue weighted by Crippen LogP contribution is 2.25. The van der Waals surface area contributed by atoms with Crippen LogP contribution in [0.4, 0.5) is 11.4 Å². The minimum Gasteiger partial charge on any atom is -0.322 e. The van der Waals surface area contributed by atoms with Crippen molar-refractivity contribution in [3.63, 3.8) is 0 Å². The molecular formula is C24H20N4O2. The summed E-state index contributed by atoms with van der Waals surface area (Å²) in [5, 5.41) is 2.92. The SMILES string of the molecule is O=C(Nc1cccc(N2CCCC2=O)c1)c1ccc(-n2cnc3ccccc32)cc1. The number of imidazole rings is 1. The summed E-state index contributed by atoms with van der Waals surface area (Å²) >= 11 is 0. The maximum Gasteiger partial charge on any atom is 0.255 e. The Morgan fingerprint density at radius 3 is 2.57 bits per heavy atom. The fraction of sp³-hybridized carbons (Fsp3) is 0.125. The van der Waals surface area contributed by atoms with Gasteiger partial charge in [0.15, 0.2) is 0 Å². The van der Waals surface area contributed by atoms with Gasteiger partial charge in [0, 0.05) is 35.6 Å². The summed E-state index contributed by atoms with van der Waals surface area (Å²) in [6.07, 6.45) is 3.23. The summed E-state index contributed by atoms with van der Waals surface area (Å²) in [4.78, 5) is 30.9. The van der Waals surface area contributed by atoms with Gasteiger partial charge in [0.2, 0.25) is 5.91 Å². The van der Waals surface area contributed by atoms with E-state index in [2.05, 4.69) is 10.3 Å². The van der Waals surface area contributed by atoms with E-state index < -0.39 is 0 Å². The third kappa shape index (κ3) is 3.33. The molecule has 4 aromatic rings. The monoisotopic (exact) mass is 396 g/mol. The first-order chi connectivity index (χ1) is 14.7. The number of nitrogens with zero attached hydrogens (tertiary/aromatic N) is 3. The maximum absolute atomic E-state index is 12.7. The summed E-state index contributed by atoms with van der Waals surface area (Å²) in [6.45, 7) is 0.723. The van der Waals surface area contributed by atoms with Gasteiger partial charge in [-0.15, -0.1) is 0 Å². The van der Waals surface area contributed by atoms with E-state index in [1.807, 2.05) is 65.2 Å². The molecule has 30 heavy (non-hydrogen) atoms. The average Bonchev–Trinajstić information content (AvgIpc) is 3.40. The largest absolute Gasteiger partial charge is 0.322 e. The van der Waals surface area contributed by atoms with Gasteiger partial charge >= 0.3 is 0 Å². The van der Waals surface area contributed by atoms with Gasteiger partial charge < -0.3 is 10.2 Å². The number of benzene rings is 3. The average molecular weight is 396 g/mol. The van der Waals surface area contributed by atoms with Crippen molar-refractivity contribution in [3.8, 4) is 5.69 Å². The smallest absolute Gasteiger partial charge is 0.255 e. The minimum absolute atomic E-state index is 0.126. The van der Waals surface area contributed by atoms with Crippen molar-refractivity contribution < 1.29 is 9.59 Å². The highest BCUT2D eigenvalue weighted by molar-refractivity contribution is 6.05. The lowest BCUT2D eigenvalue weighted by molar-refractivity contribution is -0.117. The van der Waals surface area contributed by atoms with E-state index >= 15 is 0 Å². The van der Waals surface area contributed by atoms with Crippen LogP contribution in [0.25, 0.3) is 16.7 Å². The summed E-state index contributed by atoms with van der Waals surface area (Å²) < 4.78 is 1.99. The molecule has 0 spiro atoms. The van der Waals surface area contributed by atoms with Crippen LogP contribution in [0, 0.1) is 0 Å². The van der Waals surface area contributed by atoms with E-state index in [0.717, 1.165) is 35.4 Å². The van der Waals surface area contributed by atoms with E-state index in [-0.39, 0.29) is 11.8 Å². The van der Waals surface area contributed by atoms with E-state index in [1.54, 1.807) is 23.4 Å². The van der Waals surface area contributed by atoms with Gasteiger partial charge in [-0.2, -0.15) is 0 Å². The van der Waals surface area contributed by atoms with Gasteiger partial charge in [0.1, 0.15) is 6.33 Å². The molecule has 1 fully saturated rings. The van der Waals surface area contributed by atoms with Crippen LogP contribution >= 0.6 is 0 Å². The van der Waals surface area contributed by atoms with E-state index in [1.165, 1.54) is 0 Å². The molecule has 0 aliphatic carbocycles. The van der Waals surface area contributed by atoms with E-state index in [0.29, 0.717) is 17.7 Å². The van der Waals surface area contributed by atoms with Gasteiger partial charge in [0.25, 0.3) is 5.91 Å². The Labute approximate surface area is 173 Å². The standard InChI is InChI=1S/C24H20N4O2/c29-23-9-4-14-27(23)20-6-3-5-18(15-20)26-24(30)17-10-12-19(13-11-17)28-16-25-21-7-1-2-8-22(21)28/h1-3,5-8,10-13,15-16H,4,9,14H2,(H,26,30). The number of hydrogen-bond acceptors (Lipinski definition) is 3. The van der Waals surface area contributed by atoms with Crippen LogP contribution in [0.1, 0.15) is 23.2 Å². The Morgan fingerprint density at radius 2 is 1.77 bits per heavy atom. The number of para-hydroxylation sites is 2. The van der Waals surface area contributed by atoms with Crippen LogP contribution in [-0.4, -0.2) is 27.9 Å². The van der Waals surface area contributed by atoms with Crippen molar-refractivity contribution >= 4 is 34.2 Å². The van der Waals surface area contributed by atoms with Crippen molar-refractivity contribution in [1.29, 1.82) is 0 Å². The lowest BCUT2D eigenvalue weighted by Crippen LogP contribution is -2.23. The number of anilines is 2. The molecule has 2 amide bonds. The summed E-state index contributed by atoms with van der Waals surface area (Å²) in [5.41, 5.74) is 4.93. The normalized spacial score (nSPS) is 13.7. The minimum atomic E-state index is -0.193. The molecule has 0 unspecified atom stereocenters. The number of nitrogens with one attached hydrogen (secondary N) is 1. The fourth-order valence-corrected chi connectivity index (χ4v) is 3.81. The van der Waals surface area contributed by atoms with Gasteiger partial charge in [-0.05, 0) is 61.0 Å². The third-order valence-electron chi connectivity index (χ3n) is 5.35. The van der Waals surface area contributed by atoms with Crippen LogP contribution in [0.2, 0.25) is 0 Å². The van der Waals surface area contributed by atoms with Gasteiger partial charge in [0.05, 0.1) is 11.0 Å². The fourth-order valence-electron chi connectivity index (χ4n) is 3.81. The van der Waals surface area contributed by atoms with Crippen molar-refractivity contribution in [2.24, 2.45) is 0 Å². The number of carbonyl (C=O) groups is 2. The van der Waals surface area contributed by atoms with Crippen molar-refractivity contribution in [3.05, 3.63) is 84.7 Å². The Morgan fingerprint density at radius 1 is 0.933 bits per heavy atom. The molecule has 2 heterocycles. The first-order valence-electron chi connectivity index (χ1n) is 9.93. The lowest BCUT2D eigenvalue weighted by atomic mass is 10.1. The molecule has 0 atom stereocenters. The van der Waals surface area contributed by atoms with Crippen molar-refractivity contribution in [2.75, 3.05) is 16.8 Å². The van der Waals surface area contributed by atoms with Crippen LogP contribution in [-0.2, 0) is 4.79 Å². The summed E-state index contributed by atoms with van der Waals surface area (Å²) in [6, 6.07) is 22.7. The predicted octanol–water partition coefficient (Wildman–Crippen LogP) is 4.40. The first kappa shape index (κ1) is 18.1. The molecule has 1 saturated heterocycles. The van der Waals surface area contributed by atoms with Gasteiger partial charge in [-0.25, -0.2) is 4.98 Å². The lowest BCUT2D eigenvalue weighted by Gasteiger charge is -2.16. The quantitative estimate of drug-likeness (QED) is 0.556. The molecule has 1 N–H and O–H groups in total. The van der Waals surface area contributed by atoms with Crippen LogP contribution in [0.3, 0.4) is 0 Å². The molecule has 1 aromatic heterocycles. The molecule has 1 aliphatic heterocycles. The zero-order valence-electron chi connectivity index (χ0n) is 16.3. The Balaban J connectivity index is 1.34. The number of fused-ring (bicyclic) bond motifs is 1. The van der Waals surface area contributed by atoms with E-state index in [9.17, 15) is 9.59 Å². The maximum atomic E-state index is 12.7. The van der Waals surface area contributed by atoms with Crippen LogP contribution in [0.5, 0.6) is 0 Å². The summed E-state index contributed by atoms with van der Waals surface area (Å²) in [5.74, 6) is -0.0666. The topological polar surface area (TPSA) is 67.2 Å².